The van der Waals surface area contributed by atoms with Gasteiger partial charge in [-0.05, 0) is 47.3 Å². The molecule has 3 N–H and O–H groups in total. The number of carbonyl (C=O) groups is 2. The van der Waals surface area contributed by atoms with Crippen molar-refractivity contribution in [3.05, 3.63) is 32.4 Å². The van der Waals surface area contributed by atoms with Crippen molar-refractivity contribution in [2.24, 2.45) is 11.7 Å². The molecule has 1 aliphatic carbocycles. The van der Waals surface area contributed by atoms with Gasteiger partial charge in [-0.3, -0.25) is 9.59 Å². The maximum atomic E-state index is 12.0. The van der Waals surface area contributed by atoms with Gasteiger partial charge in [0.05, 0.1) is 28.6 Å². The van der Waals surface area contributed by atoms with Crippen LogP contribution in [0.5, 0.6) is 0 Å². The summed E-state index contributed by atoms with van der Waals surface area (Å²) >= 11 is 9.71. The second-order valence-corrected chi connectivity index (χ2v) is 6.81. The Bertz CT molecular complexity index is 815. The van der Waals surface area contributed by atoms with Crippen LogP contribution in [0, 0.1) is 5.92 Å². The molecule has 23 heavy (non-hydrogen) atoms. The largest absolute Gasteiger partial charge is 0.466 e. The van der Waals surface area contributed by atoms with Gasteiger partial charge in [0.2, 0.25) is 0 Å². The van der Waals surface area contributed by atoms with E-state index < -0.39 is 5.91 Å². The lowest BCUT2D eigenvalue weighted by Gasteiger charge is -2.20. The smallest absolute Gasteiger partial charge is 0.309 e. The molecule has 1 atom stereocenters. The first-order chi connectivity index (χ1) is 10.9. The van der Waals surface area contributed by atoms with E-state index >= 15 is 0 Å². The number of aryl methyl sites for hydroxylation is 1. The fraction of sp³-hybridized carbons (Fsp3) is 0.375. The van der Waals surface area contributed by atoms with Crippen molar-refractivity contribution < 1.29 is 14.3 Å². The van der Waals surface area contributed by atoms with E-state index in [-0.39, 0.29) is 11.9 Å². The molecule has 122 valence electrons. The first-order valence-electron chi connectivity index (χ1n) is 7.41. The number of primary amides is 1. The molecule has 1 aliphatic rings. The zero-order valence-corrected chi connectivity index (χ0v) is 14.9. The Kier molecular flexibility index (Phi) is 4.38. The number of aromatic nitrogens is 1. The van der Waals surface area contributed by atoms with Crippen LogP contribution in [0.15, 0.2) is 10.5 Å². The van der Waals surface area contributed by atoms with Crippen molar-refractivity contribution in [2.45, 2.75) is 26.2 Å². The third-order valence-corrected chi connectivity index (χ3v) is 5.59. The Balaban J connectivity index is 2.11. The molecule has 0 aliphatic heterocycles. The monoisotopic (exact) mass is 398 g/mol. The third kappa shape index (κ3) is 2.74. The summed E-state index contributed by atoms with van der Waals surface area (Å²) in [6.07, 6.45) is 1.99. The van der Waals surface area contributed by atoms with Crippen LogP contribution in [-0.4, -0.2) is 23.5 Å². The maximum Gasteiger partial charge on any atom is 0.309 e. The molecule has 1 amide bonds. The summed E-state index contributed by atoms with van der Waals surface area (Å²) in [6, 6.07) is 1.56. The molecule has 0 bridgehead atoms. The van der Waals surface area contributed by atoms with Gasteiger partial charge in [-0.25, -0.2) is 0 Å². The number of amides is 1. The van der Waals surface area contributed by atoms with E-state index in [1.807, 2.05) is 0 Å². The predicted octanol–water partition coefficient (Wildman–Crippen LogP) is 3.35. The number of halogens is 2. The molecule has 5 nitrogen and oxygen atoms in total. The van der Waals surface area contributed by atoms with Gasteiger partial charge in [-0.1, -0.05) is 11.6 Å². The Morgan fingerprint density at radius 3 is 2.91 bits per heavy atom. The number of nitrogens with one attached hydrogen (secondary N) is 1. The summed E-state index contributed by atoms with van der Waals surface area (Å²) in [4.78, 5) is 26.9. The number of rotatable bonds is 3. The molecule has 1 aromatic carbocycles. The van der Waals surface area contributed by atoms with Crippen LogP contribution in [-0.2, 0) is 22.4 Å². The van der Waals surface area contributed by atoms with Gasteiger partial charge in [0.15, 0.2) is 0 Å². The number of esters is 1. The number of aromatic amines is 1. The van der Waals surface area contributed by atoms with Crippen molar-refractivity contribution in [1.82, 2.24) is 4.98 Å². The van der Waals surface area contributed by atoms with Crippen molar-refractivity contribution in [2.75, 3.05) is 6.61 Å². The topological polar surface area (TPSA) is 85.2 Å². The summed E-state index contributed by atoms with van der Waals surface area (Å²) in [7, 11) is 0. The highest BCUT2D eigenvalue weighted by molar-refractivity contribution is 9.10. The molecular weight excluding hydrogens is 384 g/mol. The van der Waals surface area contributed by atoms with E-state index in [0.717, 1.165) is 27.5 Å². The van der Waals surface area contributed by atoms with Gasteiger partial charge in [0.1, 0.15) is 0 Å². The lowest BCUT2D eigenvalue weighted by Crippen LogP contribution is -2.24. The van der Waals surface area contributed by atoms with Crippen molar-refractivity contribution in [3.63, 3.8) is 0 Å². The molecule has 0 spiro atoms. The fourth-order valence-electron chi connectivity index (χ4n) is 3.19. The summed E-state index contributed by atoms with van der Waals surface area (Å²) in [5.41, 5.74) is 8.51. The average Bonchev–Trinajstić information content (AvgIpc) is 2.89. The normalized spacial score (nSPS) is 17.1. The van der Waals surface area contributed by atoms with Crippen LogP contribution in [0.2, 0.25) is 5.02 Å². The van der Waals surface area contributed by atoms with Crippen LogP contribution in [0.1, 0.15) is 35.0 Å². The van der Waals surface area contributed by atoms with Crippen LogP contribution < -0.4 is 5.73 Å². The van der Waals surface area contributed by atoms with E-state index in [1.165, 1.54) is 0 Å². The van der Waals surface area contributed by atoms with E-state index in [2.05, 4.69) is 20.9 Å². The minimum absolute atomic E-state index is 0.165. The molecule has 1 unspecified atom stereocenters. The average molecular weight is 400 g/mol. The Morgan fingerprint density at radius 1 is 1.52 bits per heavy atom. The molecule has 0 saturated heterocycles. The maximum absolute atomic E-state index is 12.0. The number of benzene rings is 1. The summed E-state index contributed by atoms with van der Waals surface area (Å²) < 4.78 is 5.86. The highest BCUT2D eigenvalue weighted by Crippen LogP contribution is 2.40. The third-order valence-electron chi connectivity index (χ3n) is 4.24. The van der Waals surface area contributed by atoms with Crippen LogP contribution in [0.25, 0.3) is 10.9 Å². The SMILES string of the molecule is CCOC(=O)C1CCc2c([nH]c3c(C(N)=O)cc(Cl)c(Br)c23)C1. The Labute approximate surface area is 146 Å². The molecule has 3 rings (SSSR count). The zero-order valence-electron chi connectivity index (χ0n) is 12.5. The second-order valence-electron chi connectivity index (χ2n) is 5.61. The van der Waals surface area contributed by atoms with Crippen molar-refractivity contribution in [1.29, 1.82) is 0 Å². The molecule has 0 fully saturated rings. The van der Waals surface area contributed by atoms with Crippen molar-refractivity contribution >= 4 is 50.3 Å². The van der Waals surface area contributed by atoms with E-state index in [4.69, 9.17) is 22.1 Å². The lowest BCUT2D eigenvalue weighted by molar-refractivity contribution is -0.148. The molecule has 0 saturated carbocycles. The summed E-state index contributed by atoms with van der Waals surface area (Å²) in [5, 5.41) is 1.32. The van der Waals surface area contributed by atoms with E-state index in [1.54, 1.807) is 13.0 Å². The van der Waals surface area contributed by atoms with Gasteiger partial charge in [0.25, 0.3) is 5.91 Å². The van der Waals surface area contributed by atoms with E-state index in [9.17, 15) is 9.59 Å². The molecule has 2 aromatic rings. The second kappa shape index (κ2) is 6.17. The van der Waals surface area contributed by atoms with Gasteiger partial charge < -0.3 is 15.5 Å². The number of fused-ring (bicyclic) bond motifs is 3. The highest BCUT2D eigenvalue weighted by Gasteiger charge is 2.30. The number of H-pyrrole nitrogens is 1. The fourth-order valence-corrected chi connectivity index (χ4v) is 3.94. The molecule has 7 heteroatoms. The van der Waals surface area contributed by atoms with Crippen LogP contribution in [0.4, 0.5) is 0 Å². The number of nitrogens with two attached hydrogens (primary N) is 1. The number of hydrogen-bond donors (Lipinski definition) is 2. The van der Waals surface area contributed by atoms with Crippen molar-refractivity contribution in [3.8, 4) is 0 Å². The first kappa shape index (κ1) is 16.3. The Morgan fingerprint density at radius 2 is 2.26 bits per heavy atom. The predicted molar refractivity (Wildman–Crippen MR) is 91.7 cm³/mol. The quantitative estimate of drug-likeness (QED) is 0.776. The first-order valence-corrected chi connectivity index (χ1v) is 8.59. The Hall–Kier alpha value is -1.53. The molecule has 1 aromatic heterocycles. The van der Waals surface area contributed by atoms with E-state index in [0.29, 0.717) is 35.6 Å². The number of hydrogen-bond acceptors (Lipinski definition) is 3. The number of carbonyl (C=O) groups excluding carboxylic acids is 2. The molecular formula is C16H16BrClN2O3. The zero-order chi connectivity index (χ0) is 16.7. The standard InChI is InChI=1S/C16H16BrClN2O3/c1-2-23-16(22)7-3-4-8-11(5-7)20-14-9(15(19)21)6-10(18)13(17)12(8)14/h6-7,20H,2-5H2,1H3,(H2,19,21). The van der Waals surface area contributed by atoms with Gasteiger partial charge in [0, 0.05) is 22.0 Å². The number of ether oxygens (including phenoxy) is 1. The van der Waals surface area contributed by atoms with Gasteiger partial charge in [-0.15, -0.1) is 0 Å². The molecule has 0 radical (unpaired) electrons. The van der Waals surface area contributed by atoms with Gasteiger partial charge >= 0.3 is 5.97 Å². The summed E-state index contributed by atoms with van der Waals surface area (Å²) in [6.45, 7) is 2.18. The molecule has 1 heterocycles. The lowest BCUT2D eigenvalue weighted by atomic mass is 9.87. The minimum atomic E-state index is -0.537. The minimum Gasteiger partial charge on any atom is -0.466 e. The highest BCUT2D eigenvalue weighted by atomic mass is 79.9. The van der Waals surface area contributed by atoms with Crippen LogP contribution >= 0.6 is 27.5 Å². The van der Waals surface area contributed by atoms with Crippen LogP contribution in [0.3, 0.4) is 0 Å². The summed E-state index contributed by atoms with van der Waals surface area (Å²) in [5.74, 6) is -0.879. The van der Waals surface area contributed by atoms with Gasteiger partial charge in [-0.2, -0.15) is 0 Å².